The van der Waals surface area contributed by atoms with E-state index in [1.54, 1.807) is 11.0 Å². The lowest BCUT2D eigenvalue weighted by Crippen LogP contribution is -2.50. The molecule has 29 heavy (non-hydrogen) atoms. The number of amides is 1. The number of rotatable bonds is 7. The van der Waals surface area contributed by atoms with Gasteiger partial charge in [-0.1, -0.05) is 66.7 Å². The maximum absolute atomic E-state index is 12.7. The molecular weight excluding hydrogens is 360 g/mol. The van der Waals surface area contributed by atoms with E-state index in [-0.39, 0.29) is 17.5 Å². The minimum atomic E-state index is -0.223. The number of nitrogens with zero attached hydrogens (tertiary/aromatic N) is 3. The lowest BCUT2D eigenvalue weighted by Gasteiger charge is -2.39. The summed E-state index contributed by atoms with van der Waals surface area (Å²) in [5.74, 6) is -0.223. The van der Waals surface area contributed by atoms with Crippen molar-refractivity contribution >= 4 is 5.91 Å². The van der Waals surface area contributed by atoms with Crippen LogP contribution in [0.1, 0.15) is 17.2 Å². The van der Waals surface area contributed by atoms with Gasteiger partial charge in [-0.05, 0) is 11.1 Å². The van der Waals surface area contributed by atoms with E-state index in [4.69, 9.17) is 0 Å². The predicted octanol–water partition coefficient (Wildman–Crippen LogP) is 3.10. The lowest BCUT2D eigenvalue weighted by atomic mass is 9.96. The zero-order chi connectivity index (χ0) is 20.5. The van der Waals surface area contributed by atoms with Crippen molar-refractivity contribution in [3.05, 3.63) is 96.2 Å². The molecule has 1 aliphatic rings. The van der Waals surface area contributed by atoms with Gasteiger partial charge in [0.1, 0.15) is 11.6 Å². The molecule has 1 aliphatic heterocycles. The summed E-state index contributed by atoms with van der Waals surface area (Å²) < 4.78 is 0. The topological polar surface area (TPSA) is 59.4 Å². The van der Waals surface area contributed by atoms with Gasteiger partial charge < -0.3 is 10.2 Å². The Bertz CT molecular complexity index is 839. The van der Waals surface area contributed by atoms with Crippen molar-refractivity contribution in [3.8, 4) is 6.07 Å². The molecule has 2 aromatic rings. The highest BCUT2D eigenvalue weighted by Gasteiger charge is 2.29. The van der Waals surface area contributed by atoms with E-state index in [0.717, 1.165) is 13.1 Å². The van der Waals surface area contributed by atoms with Gasteiger partial charge in [-0.2, -0.15) is 5.26 Å². The van der Waals surface area contributed by atoms with E-state index in [9.17, 15) is 10.1 Å². The Balaban J connectivity index is 1.72. The van der Waals surface area contributed by atoms with Crippen LogP contribution < -0.4 is 5.32 Å². The fraction of sp³-hybridized carbons (Fsp3) is 0.250. The number of carbonyl (C=O) groups excluding carboxylic acids is 1. The third-order valence-corrected chi connectivity index (χ3v) is 5.06. The van der Waals surface area contributed by atoms with E-state index in [1.807, 2.05) is 18.2 Å². The Morgan fingerprint density at radius 3 is 2.07 bits per heavy atom. The number of piperazine rings is 1. The number of hydrogen-bond acceptors (Lipinski definition) is 4. The van der Waals surface area contributed by atoms with Gasteiger partial charge in [-0.25, -0.2) is 0 Å². The summed E-state index contributed by atoms with van der Waals surface area (Å²) in [6.45, 7) is 6.82. The number of nitriles is 1. The minimum Gasteiger partial charge on any atom is -0.386 e. The first-order valence-electron chi connectivity index (χ1n) is 9.82. The smallest absolute Gasteiger partial charge is 0.266 e. The standard InChI is InChI=1S/C24H26N4O/c1-2-13-26-19-22(18-25)24(29)28-16-14-27(15-17-28)23(20-9-5-3-6-10-20)21-11-7-4-8-12-21/h2-12,19,23,26H,1,13-17H2/b22-19-. The Morgan fingerprint density at radius 1 is 1.03 bits per heavy atom. The molecule has 3 rings (SSSR count). The van der Waals surface area contributed by atoms with Gasteiger partial charge in [0.2, 0.25) is 0 Å². The maximum Gasteiger partial charge on any atom is 0.266 e. The van der Waals surface area contributed by atoms with E-state index in [0.29, 0.717) is 19.6 Å². The molecule has 0 unspecified atom stereocenters. The molecule has 0 atom stereocenters. The molecule has 0 radical (unpaired) electrons. The van der Waals surface area contributed by atoms with E-state index in [2.05, 4.69) is 65.3 Å². The second-order valence-corrected chi connectivity index (χ2v) is 6.92. The van der Waals surface area contributed by atoms with Crippen molar-refractivity contribution in [2.24, 2.45) is 0 Å². The average Bonchev–Trinajstić information content (AvgIpc) is 2.78. The van der Waals surface area contributed by atoms with Crippen LogP contribution in [0.4, 0.5) is 0 Å². The van der Waals surface area contributed by atoms with Gasteiger partial charge in [-0.15, -0.1) is 6.58 Å². The van der Waals surface area contributed by atoms with Crippen LogP contribution in [0, 0.1) is 11.3 Å². The molecule has 0 bridgehead atoms. The predicted molar refractivity (Wildman–Crippen MR) is 115 cm³/mol. The van der Waals surface area contributed by atoms with Crippen molar-refractivity contribution < 1.29 is 4.79 Å². The highest BCUT2D eigenvalue weighted by atomic mass is 16.2. The molecule has 1 fully saturated rings. The molecule has 5 heteroatoms. The highest BCUT2D eigenvalue weighted by Crippen LogP contribution is 2.29. The SMILES string of the molecule is C=CCN/C=C(/C#N)C(=O)N1CCN(C(c2ccccc2)c2ccccc2)CC1. The van der Waals surface area contributed by atoms with Crippen LogP contribution >= 0.6 is 0 Å². The molecule has 5 nitrogen and oxygen atoms in total. The normalized spacial score (nSPS) is 15.0. The van der Waals surface area contributed by atoms with Crippen LogP contribution in [0.3, 0.4) is 0 Å². The van der Waals surface area contributed by atoms with Crippen LogP contribution in [0.5, 0.6) is 0 Å². The van der Waals surface area contributed by atoms with Crippen LogP contribution in [-0.4, -0.2) is 48.4 Å². The Hall–Kier alpha value is -3.36. The maximum atomic E-state index is 12.7. The highest BCUT2D eigenvalue weighted by molar-refractivity contribution is 5.97. The summed E-state index contributed by atoms with van der Waals surface area (Å²) in [5.41, 5.74) is 2.61. The monoisotopic (exact) mass is 386 g/mol. The summed E-state index contributed by atoms with van der Waals surface area (Å²) in [7, 11) is 0. The number of nitrogens with one attached hydrogen (secondary N) is 1. The van der Waals surface area contributed by atoms with Crippen molar-refractivity contribution in [3.63, 3.8) is 0 Å². The van der Waals surface area contributed by atoms with Crippen LogP contribution in [0.25, 0.3) is 0 Å². The first kappa shape index (κ1) is 20.4. The minimum absolute atomic E-state index is 0.128. The van der Waals surface area contributed by atoms with Crippen LogP contribution in [0.2, 0.25) is 0 Å². The molecule has 1 saturated heterocycles. The number of carbonyl (C=O) groups is 1. The summed E-state index contributed by atoms with van der Waals surface area (Å²) >= 11 is 0. The quantitative estimate of drug-likeness (QED) is 0.344. The van der Waals surface area contributed by atoms with Gasteiger partial charge in [0.25, 0.3) is 5.91 Å². The van der Waals surface area contributed by atoms with Gasteiger partial charge in [0.05, 0.1) is 6.04 Å². The van der Waals surface area contributed by atoms with Crippen LogP contribution in [0.15, 0.2) is 85.1 Å². The second kappa shape index (κ2) is 10.3. The Kier molecular flexibility index (Phi) is 7.21. The molecule has 0 saturated carbocycles. The van der Waals surface area contributed by atoms with Crippen molar-refractivity contribution in [2.75, 3.05) is 32.7 Å². The zero-order valence-corrected chi connectivity index (χ0v) is 16.5. The molecule has 0 aliphatic carbocycles. The van der Waals surface area contributed by atoms with E-state index in [1.165, 1.54) is 17.3 Å². The lowest BCUT2D eigenvalue weighted by molar-refractivity contribution is -0.128. The van der Waals surface area contributed by atoms with Gasteiger partial charge in [0.15, 0.2) is 0 Å². The van der Waals surface area contributed by atoms with Gasteiger partial charge in [-0.3, -0.25) is 9.69 Å². The zero-order valence-electron chi connectivity index (χ0n) is 16.5. The van der Waals surface area contributed by atoms with Gasteiger partial charge in [0, 0.05) is 38.9 Å². The molecule has 2 aromatic carbocycles. The average molecular weight is 386 g/mol. The number of benzene rings is 2. The van der Waals surface area contributed by atoms with Crippen molar-refractivity contribution in [2.45, 2.75) is 6.04 Å². The fourth-order valence-corrected chi connectivity index (χ4v) is 3.62. The van der Waals surface area contributed by atoms with E-state index >= 15 is 0 Å². The first-order valence-corrected chi connectivity index (χ1v) is 9.82. The summed E-state index contributed by atoms with van der Waals surface area (Å²) in [6.07, 6.45) is 3.16. The third-order valence-electron chi connectivity index (χ3n) is 5.06. The number of hydrogen-bond donors (Lipinski definition) is 1. The van der Waals surface area contributed by atoms with Gasteiger partial charge >= 0.3 is 0 Å². The molecule has 1 amide bonds. The second-order valence-electron chi connectivity index (χ2n) is 6.92. The Morgan fingerprint density at radius 2 is 1.59 bits per heavy atom. The van der Waals surface area contributed by atoms with Crippen molar-refractivity contribution in [1.82, 2.24) is 15.1 Å². The summed E-state index contributed by atoms with van der Waals surface area (Å²) in [4.78, 5) is 16.9. The summed E-state index contributed by atoms with van der Waals surface area (Å²) in [5, 5.41) is 12.2. The molecule has 1 heterocycles. The third kappa shape index (κ3) is 5.13. The Labute approximate surface area is 172 Å². The fourth-order valence-electron chi connectivity index (χ4n) is 3.62. The molecular formula is C24H26N4O. The molecule has 0 aromatic heterocycles. The summed E-state index contributed by atoms with van der Waals surface area (Å²) in [6, 6.07) is 23.0. The molecule has 0 spiro atoms. The van der Waals surface area contributed by atoms with Crippen molar-refractivity contribution in [1.29, 1.82) is 5.26 Å². The van der Waals surface area contributed by atoms with E-state index < -0.39 is 0 Å². The van der Waals surface area contributed by atoms with Crippen LogP contribution in [-0.2, 0) is 4.79 Å². The molecule has 1 N–H and O–H groups in total. The first-order chi connectivity index (χ1) is 14.2. The molecule has 148 valence electrons. The largest absolute Gasteiger partial charge is 0.386 e.